The lowest BCUT2D eigenvalue weighted by atomic mass is 9.73. The van der Waals surface area contributed by atoms with E-state index in [0.29, 0.717) is 24.3 Å². The number of carbonyl (C=O) groups excluding carboxylic acids is 4. The SMILES string of the molecule is CCCN1CCC[C@@H]2Cc3c(ccc(OCc4ccccc4)c3C[C@@H]3O[C@H](C(=O)OC)[C@@H](OC(=O)C(C)(C)C)[C@H](OC(=O)C(C)(C)C)[C@H]3OC(=O)C(C)(C)C)C[C@H]21. The van der Waals surface area contributed by atoms with Crippen LogP contribution in [0, 0.1) is 22.2 Å². The predicted octanol–water partition coefficient (Wildman–Crippen LogP) is 7.21. The number of hydrogen-bond acceptors (Lipinski definition) is 11. The van der Waals surface area contributed by atoms with Gasteiger partial charge < -0.3 is 28.4 Å². The second-order valence-corrected chi connectivity index (χ2v) is 19.1. The quantitative estimate of drug-likeness (QED) is 0.169. The normalized spacial score (nSPS) is 25.4. The number of likely N-dealkylation sites (tertiary alicyclic amines) is 1. The molecule has 0 radical (unpaired) electrons. The summed E-state index contributed by atoms with van der Waals surface area (Å²) < 4.78 is 37.1. The van der Waals surface area contributed by atoms with Crippen molar-refractivity contribution in [2.75, 3.05) is 20.2 Å². The summed E-state index contributed by atoms with van der Waals surface area (Å²) in [5.74, 6) is -1.59. The van der Waals surface area contributed by atoms with Crippen molar-refractivity contribution in [3.05, 3.63) is 64.7 Å². The maximum absolute atomic E-state index is 13.9. The van der Waals surface area contributed by atoms with Crippen molar-refractivity contribution in [3.8, 4) is 5.75 Å². The number of hydrogen-bond donors (Lipinski definition) is 0. The minimum atomic E-state index is -1.51. The fraction of sp³-hybridized carbons (Fsp3) is 0.652. The minimum Gasteiger partial charge on any atom is -0.489 e. The summed E-state index contributed by atoms with van der Waals surface area (Å²) in [7, 11) is 1.22. The first-order valence-electron chi connectivity index (χ1n) is 20.6. The number of rotatable bonds is 11. The van der Waals surface area contributed by atoms with Crippen LogP contribution in [0.3, 0.4) is 0 Å². The minimum absolute atomic E-state index is 0.141. The van der Waals surface area contributed by atoms with Gasteiger partial charge >= 0.3 is 23.9 Å². The second kappa shape index (κ2) is 17.9. The Morgan fingerprint density at radius 3 is 1.95 bits per heavy atom. The molecule has 57 heavy (non-hydrogen) atoms. The molecule has 7 atom stereocenters. The zero-order valence-electron chi connectivity index (χ0n) is 36.0. The van der Waals surface area contributed by atoms with Crippen molar-refractivity contribution >= 4 is 23.9 Å². The molecule has 0 bridgehead atoms. The van der Waals surface area contributed by atoms with Gasteiger partial charge in [-0.2, -0.15) is 0 Å². The highest BCUT2D eigenvalue weighted by atomic mass is 16.7. The van der Waals surface area contributed by atoms with Crippen LogP contribution in [-0.2, 0) is 68.7 Å². The lowest BCUT2D eigenvalue weighted by Gasteiger charge is -2.46. The average molecular weight is 792 g/mol. The van der Waals surface area contributed by atoms with Gasteiger partial charge in [0.1, 0.15) is 18.5 Å². The first-order chi connectivity index (χ1) is 26.7. The topological polar surface area (TPSA) is 127 Å². The first kappa shape index (κ1) is 44.1. The van der Waals surface area contributed by atoms with Crippen LogP contribution >= 0.6 is 0 Å². The monoisotopic (exact) mass is 791 g/mol. The standard InChI is InChI=1S/C46H65NO10/c1-12-22-47-23-16-19-30-24-31-29(25-33(30)47)20-21-34(53-27-28-17-14-13-15-18-28)32(31)26-35-36(55-41(49)44(2,3)4)37(56-42(50)45(5,6)7)38(39(54-35)40(48)52-11)57-43(51)46(8,9)10/h13-15,17-18,20-21,30,33,35-39H,12,16,19,22-27H2,1-11H3/t30-,33-,35+,36+,37-,38+,39+/m1/s1. The van der Waals surface area contributed by atoms with Gasteiger partial charge in [-0.1, -0.05) is 43.3 Å². The Morgan fingerprint density at radius 2 is 1.37 bits per heavy atom. The molecule has 11 nitrogen and oxygen atoms in total. The summed E-state index contributed by atoms with van der Waals surface area (Å²) in [6.07, 6.45) is -1.56. The molecular weight excluding hydrogens is 727 g/mol. The van der Waals surface area contributed by atoms with Gasteiger partial charge in [-0.15, -0.1) is 0 Å². The van der Waals surface area contributed by atoms with E-state index in [0.717, 1.165) is 61.9 Å². The Bertz CT molecular complexity index is 1730. The molecule has 0 unspecified atom stereocenters. The summed E-state index contributed by atoms with van der Waals surface area (Å²) in [4.78, 5) is 57.6. The molecule has 0 amide bonds. The Hall–Kier alpha value is -3.96. The lowest BCUT2D eigenvalue weighted by molar-refractivity contribution is -0.255. The lowest BCUT2D eigenvalue weighted by Crippen LogP contribution is -2.64. The molecule has 0 aromatic heterocycles. The van der Waals surface area contributed by atoms with Gasteiger partial charge in [0.15, 0.2) is 24.4 Å². The van der Waals surface area contributed by atoms with E-state index in [2.05, 4.69) is 17.9 Å². The van der Waals surface area contributed by atoms with Crippen LogP contribution in [0.15, 0.2) is 42.5 Å². The highest BCUT2D eigenvalue weighted by Gasteiger charge is 2.57. The first-order valence-corrected chi connectivity index (χ1v) is 20.6. The molecule has 0 N–H and O–H groups in total. The molecule has 0 saturated carbocycles. The van der Waals surface area contributed by atoms with Gasteiger partial charge in [-0.05, 0) is 136 Å². The number of ether oxygens (including phenoxy) is 6. The van der Waals surface area contributed by atoms with Crippen LogP contribution < -0.4 is 4.74 Å². The molecule has 2 saturated heterocycles. The molecular formula is C46H65NO10. The molecule has 1 aliphatic carbocycles. The van der Waals surface area contributed by atoms with E-state index >= 15 is 0 Å². The molecule has 5 rings (SSSR count). The third-order valence-electron chi connectivity index (χ3n) is 11.2. The molecule has 2 heterocycles. The maximum Gasteiger partial charge on any atom is 0.339 e. The zero-order chi connectivity index (χ0) is 41.9. The van der Waals surface area contributed by atoms with Crippen LogP contribution in [-0.4, -0.2) is 85.5 Å². The van der Waals surface area contributed by atoms with Crippen molar-refractivity contribution < 1.29 is 47.6 Å². The van der Waals surface area contributed by atoms with E-state index in [1.165, 1.54) is 12.7 Å². The number of nitrogens with zero attached hydrogens (tertiary/aromatic N) is 1. The van der Waals surface area contributed by atoms with Gasteiger partial charge in [0, 0.05) is 18.0 Å². The highest BCUT2D eigenvalue weighted by molar-refractivity contribution is 5.80. The fourth-order valence-electron chi connectivity index (χ4n) is 7.95. The largest absolute Gasteiger partial charge is 0.489 e. The van der Waals surface area contributed by atoms with Crippen molar-refractivity contribution in [1.29, 1.82) is 0 Å². The number of methoxy groups -OCH3 is 1. The third kappa shape index (κ3) is 10.6. The Labute approximate surface area is 339 Å². The summed E-state index contributed by atoms with van der Waals surface area (Å²) in [5.41, 5.74) is 1.30. The molecule has 2 aromatic rings. The number of carbonyl (C=O) groups is 4. The molecule has 11 heteroatoms. The van der Waals surface area contributed by atoms with Crippen LogP contribution in [0.4, 0.5) is 0 Å². The van der Waals surface area contributed by atoms with E-state index in [9.17, 15) is 19.2 Å². The molecule has 3 aliphatic rings. The number of benzene rings is 2. The number of piperidine rings is 1. The third-order valence-corrected chi connectivity index (χ3v) is 11.2. The second-order valence-electron chi connectivity index (χ2n) is 19.1. The van der Waals surface area contributed by atoms with Crippen LogP contribution in [0.2, 0.25) is 0 Å². The van der Waals surface area contributed by atoms with E-state index in [-0.39, 0.29) is 6.42 Å². The van der Waals surface area contributed by atoms with Gasteiger partial charge in [0.2, 0.25) is 0 Å². The van der Waals surface area contributed by atoms with Gasteiger partial charge in [0.05, 0.1) is 23.4 Å². The van der Waals surface area contributed by atoms with Crippen LogP contribution in [0.25, 0.3) is 0 Å². The van der Waals surface area contributed by atoms with E-state index < -0.39 is 70.6 Å². The van der Waals surface area contributed by atoms with Gasteiger partial charge in [-0.3, -0.25) is 19.3 Å². The van der Waals surface area contributed by atoms with Crippen LogP contribution in [0.1, 0.15) is 111 Å². The number of fused-ring (bicyclic) bond motifs is 2. The van der Waals surface area contributed by atoms with Crippen molar-refractivity contribution in [2.24, 2.45) is 22.2 Å². The van der Waals surface area contributed by atoms with Crippen LogP contribution in [0.5, 0.6) is 5.75 Å². The average Bonchev–Trinajstić information content (AvgIpc) is 3.14. The predicted molar refractivity (Wildman–Crippen MR) is 215 cm³/mol. The summed E-state index contributed by atoms with van der Waals surface area (Å²) in [6.45, 7) is 20.0. The van der Waals surface area contributed by atoms with Gasteiger partial charge in [0.25, 0.3) is 0 Å². The Balaban J connectivity index is 1.66. The summed E-state index contributed by atoms with van der Waals surface area (Å²) >= 11 is 0. The van der Waals surface area contributed by atoms with E-state index in [4.69, 9.17) is 28.4 Å². The summed E-state index contributed by atoms with van der Waals surface area (Å²) in [6, 6.07) is 14.5. The van der Waals surface area contributed by atoms with Crippen molar-refractivity contribution in [2.45, 2.75) is 151 Å². The van der Waals surface area contributed by atoms with Crippen molar-refractivity contribution in [1.82, 2.24) is 4.90 Å². The highest BCUT2D eigenvalue weighted by Crippen LogP contribution is 2.42. The van der Waals surface area contributed by atoms with E-state index in [1.807, 2.05) is 36.4 Å². The van der Waals surface area contributed by atoms with Gasteiger partial charge in [-0.25, -0.2) is 4.79 Å². The maximum atomic E-state index is 13.9. The molecule has 314 valence electrons. The number of esters is 4. The smallest absolute Gasteiger partial charge is 0.339 e. The Morgan fingerprint density at radius 1 is 0.772 bits per heavy atom. The molecule has 2 fully saturated rings. The summed E-state index contributed by atoms with van der Waals surface area (Å²) in [5, 5.41) is 0. The molecule has 0 spiro atoms. The van der Waals surface area contributed by atoms with E-state index in [1.54, 1.807) is 62.3 Å². The Kier molecular flexibility index (Phi) is 13.9. The fourth-order valence-corrected chi connectivity index (χ4v) is 7.95. The zero-order valence-corrected chi connectivity index (χ0v) is 36.0. The molecule has 2 aliphatic heterocycles. The van der Waals surface area contributed by atoms with Crippen molar-refractivity contribution in [3.63, 3.8) is 0 Å². The molecule has 2 aromatic carbocycles.